The van der Waals surface area contributed by atoms with Gasteiger partial charge in [0.25, 0.3) is 5.91 Å². The average Bonchev–Trinajstić information content (AvgIpc) is 3.11. The van der Waals surface area contributed by atoms with Crippen LogP contribution in [0, 0.1) is 6.92 Å². The Hall–Kier alpha value is -2.70. The fourth-order valence-corrected chi connectivity index (χ4v) is 2.76. The number of rotatable bonds is 4. The summed E-state index contributed by atoms with van der Waals surface area (Å²) in [6, 6.07) is 2.11. The van der Waals surface area contributed by atoms with Crippen molar-refractivity contribution in [3.63, 3.8) is 0 Å². The molecular weight excluding hydrogens is 304 g/mol. The lowest BCUT2D eigenvalue weighted by Gasteiger charge is -2.17. The van der Waals surface area contributed by atoms with Crippen LogP contribution in [0.3, 0.4) is 0 Å². The summed E-state index contributed by atoms with van der Waals surface area (Å²) >= 11 is 0. The second-order valence-electron chi connectivity index (χ2n) is 6.40. The maximum atomic E-state index is 12.8. The Morgan fingerprint density at radius 1 is 1.29 bits per heavy atom. The standard InChI is InChI=1S/C17H22N6O/c1-11(2)23-16-14(8-19-23)6-15(12(3)20-16)17(24)21(4)9-13-7-18-22(5)10-13/h6-8,10-11H,9H2,1-5H3. The van der Waals surface area contributed by atoms with Crippen LogP contribution in [0.15, 0.2) is 24.7 Å². The van der Waals surface area contributed by atoms with Crippen molar-refractivity contribution < 1.29 is 4.79 Å². The van der Waals surface area contributed by atoms with E-state index < -0.39 is 0 Å². The van der Waals surface area contributed by atoms with E-state index in [9.17, 15) is 4.79 Å². The molecule has 0 bridgehead atoms. The van der Waals surface area contributed by atoms with E-state index in [-0.39, 0.29) is 11.9 Å². The molecule has 7 heteroatoms. The van der Waals surface area contributed by atoms with Gasteiger partial charge >= 0.3 is 0 Å². The summed E-state index contributed by atoms with van der Waals surface area (Å²) in [6.45, 7) is 6.49. The van der Waals surface area contributed by atoms with Gasteiger partial charge in [0.15, 0.2) is 5.65 Å². The van der Waals surface area contributed by atoms with Crippen molar-refractivity contribution in [2.45, 2.75) is 33.4 Å². The number of hydrogen-bond acceptors (Lipinski definition) is 4. The van der Waals surface area contributed by atoms with Gasteiger partial charge in [0.05, 0.1) is 23.7 Å². The van der Waals surface area contributed by atoms with Crippen LogP contribution in [-0.4, -0.2) is 42.4 Å². The summed E-state index contributed by atoms with van der Waals surface area (Å²) < 4.78 is 3.60. The minimum Gasteiger partial charge on any atom is -0.337 e. The summed E-state index contributed by atoms with van der Waals surface area (Å²) in [7, 11) is 3.65. The topological polar surface area (TPSA) is 68.8 Å². The third kappa shape index (κ3) is 2.89. The van der Waals surface area contributed by atoms with E-state index in [0.29, 0.717) is 17.8 Å². The quantitative estimate of drug-likeness (QED) is 0.738. The highest BCUT2D eigenvalue weighted by molar-refractivity contribution is 5.98. The minimum absolute atomic E-state index is 0.0527. The molecule has 126 valence electrons. The van der Waals surface area contributed by atoms with Crippen LogP contribution in [-0.2, 0) is 13.6 Å². The summed E-state index contributed by atoms with van der Waals surface area (Å²) in [6.07, 6.45) is 5.44. The van der Waals surface area contributed by atoms with E-state index >= 15 is 0 Å². The molecule has 0 aromatic carbocycles. The van der Waals surface area contributed by atoms with Gasteiger partial charge in [0.2, 0.25) is 0 Å². The zero-order valence-corrected chi connectivity index (χ0v) is 14.7. The number of fused-ring (bicyclic) bond motifs is 1. The lowest BCUT2D eigenvalue weighted by molar-refractivity contribution is 0.0784. The van der Waals surface area contributed by atoms with Crippen molar-refractivity contribution in [3.8, 4) is 0 Å². The maximum absolute atomic E-state index is 12.8. The van der Waals surface area contributed by atoms with Gasteiger partial charge in [-0.25, -0.2) is 9.67 Å². The molecule has 1 amide bonds. The first kappa shape index (κ1) is 16.2. The largest absolute Gasteiger partial charge is 0.337 e. The molecule has 0 fully saturated rings. The van der Waals surface area contributed by atoms with Gasteiger partial charge in [-0.2, -0.15) is 10.2 Å². The Balaban J connectivity index is 1.90. The van der Waals surface area contributed by atoms with E-state index in [2.05, 4.69) is 29.0 Å². The summed E-state index contributed by atoms with van der Waals surface area (Å²) in [5.74, 6) is -0.0527. The van der Waals surface area contributed by atoms with Crippen LogP contribution in [0.5, 0.6) is 0 Å². The Kier molecular flexibility index (Phi) is 4.09. The molecule has 0 unspecified atom stereocenters. The molecule has 0 saturated heterocycles. The summed E-state index contributed by atoms with van der Waals surface area (Å²) in [4.78, 5) is 19.1. The molecular formula is C17H22N6O. The predicted octanol–water partition coefficient (Wildman–Crippen LogP) is 2.33. The second kappa shape index (κ2) is 6.07. The van der Waals surface area contributed by atoms with Crippen LogP contribution in [0.1, 0.15) is 41.5 Å². The SMILES string of the molecule is Cc1nc2c(cnn2C(C)C)cc1C(=O)N(C)Cc1cnn(C)c1. The molecule has 0 aliphatic rings. The molecule has 0 saturated carbocycles. The fourth-order valence-electron chi connectivity index (χ4n) is 2.76. The molecule has 24 heavy (non-hydrogen) atoms. The molecule has 3 aromatic rings. The van der Waals surface area contributed by atoms with Crippen molar-refractivity contribution in [3.05, 3.63) is 41.5 Å². The summed E-state index contributed by atoms with van der Waals surface area (Å²) in [5, 5.41) is 9.39. The van der Waals surface area contributed by atoms with E-state index in [1.807, 2.05) is 30.9 Å². The predicted molar refractivity (Wildman–Crippen MR) is 91.7 cm³/mol. The maximum Gasteiger partial charge on any atom is 0.255 e. The normalized spacial score (nSPS) is 11.4. The number of aromatic nitrogens is 5. The molecule has 0 aliphatic heterocycles. The van der Waals surface area contributed by atoms with Gasteiger partial charge in [-0.05, 0) is 26.8 Å². The van der Waals surface area contributed by atoms with Crippen molar-refractivity contribution in [1.29, 1.82) is 0 Å². The second-order valence-corrected chi connectivity index (χ2v) is 6.40. The monoisotopic (exact) mass is 326 g/mol. The van der Waals surface area contributed by atoms with Gasteiger partial charge < -0.3 is 4.90 Å². The number of carbonyl (C=O) groups is 1. The number of carbonyl (C=O) groups excluding carboxylic acids is 1. The van der Waals surface area contributed by atoms with Crippen LogP contribution in [0.25, 0.3) is 11.0 Å². The molecule has 0 spiro atoms. The molecule has 3 heterocycles. The number of hydrogen-bond donors (Lipinski definition) is 0. The lowest BCUT2D eigenvalue weighted by Crippen LogP contribution is -2.27. The van der Waals surface area contributed by atoms with Crippen LogP contribution >= 0.6 is 0 Å². The van der Waals surface area contributed by atoms with Gasteiger partial charge in [-0.3, -0.25) is 9.48 Å². The van der Waals surface area contributed by atoms with Gasteiger partial charge in [0.1, 0.15) is 0 Å². The minimum atomic E-state index is -0.0527. The highest BCUT2D eigenvalue weighted by Gasteiger charge is 2.18. The van der Waals surface area contributed by atoms with E-state index in [4.69, 9.17) is 0 Å². The number of nitrogens with zero attached hydrogens (tertiary/aromatic N) is 6. The summed E-state index contributed by atoms with van der Waals surface area (Å²) in [5.41, 5.74) is 3.13. The molecule has 0 aliphatic carbocycles. The first-order valence-corrected chi connectivity index (χ1v) is 7.94. The molecule has 0 atom stereocenters. The zero-order chi connectivity index (χ0) is 17.4. The highest BCUT2D eigenvalue weighted by Crippen LogP contribution is 2.20. The van der Waals surface area contributed by atoms with Gasteiger partial charge in [-0.1, -0.05) is 0 Å². The zero-order valence-electron chi connectivity index (χ0n) is 14.7. The van der Waals surface area contributed by atoms with Crippen LogP contribution in [0.4, 0.5) is 0 Å². The van der Waals surface area contributed by atoms with Gasteiger partial charge in [-0.15, -0.1) is 0 Å². The lowest BCUT2D eigenvalue weighted by atomic mass is 10.1. The molecule has 0 radical (unpaired) electrons. The van der Waals surface area contributed by atoms with Crippen molar-refractivity contribution in [2.24, 2.45) is 7.05 Å². The van der Waals surface area contributed by atoms with Crippen molar-refractivity contribution >= 4 is 16.9 Å². The highest BCUT2D eigenvalue weighted by atomic mass is 16.2. The Morgan fingerprint density at radius 2 is 2.04 bits per heavy atom. The fraction of sp³-hybridized carbons (Fsp3) is 0.412. The van der Waals surface area contributed by atoms with E-state index in [1.165, 1.54) is 0 Å². The molecule has 3 aromatic heterocycles. The van der Waals surface area contributed by atoms with Crippen LogP contribution < -0.4 is 0 Å². The Morgan fingerprint density at radius 3 is 2.67 bits per heavy atom. The van der Waals surface area contributed by atoms with Crippen molar-refractivity contribution in [1.82, 2.24) is 29.4 Å². The number of aryl methyl sites for hydroxylation is 2. The van der Waals surface area contributed by atoms with E-state index in [0.717, 1.165) is 16.6 Å². The average molecular weight is 326 g/mol. The van der Waals surface area contributed by atoms with Gasteiger partial charge in [0, 0.05) is 43.8 Å². The Labute approximate surface area is 140 Å². The van der Waals surface area contributed by atoms with E-state index in [1.54, 1.807) is 29.0 Å². The molecule has 0 N–H and O–H groups in total. The first-order valence-electron chi connectivity index (χ1n) is 7.94. The molecule has 7 nitrogen and oxygen atoms in total. The smallest absolute Gasteiger partial charge is 0.255 e. The first-order chi connectivity index (χ1) is 11.4. The Bertz CT molecular complexity index is 892. The molecule has 3 rings (SSSR count). The number of pyridine rings is 1. The third-order valence-corrected chi connectivity index (χ3v) is 4.00. The van der Waals surface area contributed by atoms with Crippen LogP contribution in [0.2, 0.25) is 0 Å². The third-order valence-electron chi connectivity index (χ3n) is 4.00. The number of amides is 1. The van der Waals surface area contributed by atoms with Crippen molar-refractivity contribution in [2.75, 3.05) is 7.05 Å².